The average molecular weight is 390 g/mol. The predicted molar refractivity (Wildman–Crippen MR) is 109 cm³/mol. The highest BCUT2D eigenvalue weighted by Crippen LogP contribution is 2.28. The maximum Gasteiger partial charge on any atom is 0.260 e. The number of hydrogen-bond donors (Lipinski definition) is 2. The molecule has 29 heavy (non-hydrogen) atoms. The number of nitrogens with one attached hydrogen (secondary N) is 2. The Labute approximate surface area is 166 Å². The van der Waals surface area contributed by atoms with Crippen molar-refractivity contribution in [2.24, 2.45) is 0 Å². The highest BCUT2D eigenvalue weighted by Gasteiger charge is 2.17. The van der Waals surface area contributed by atoms with E-state index in [0.29, 0.717) is 22.8 Å². The quantitative estimate of drug-likeness (QED) is 0.522. The van der Waals surface area contributed by atoms with Crippen LogP contribution in [0.1, 0.15) is 19.5 Å². The first-order valence-corrected chi connectivity index (χ1v) is 9.20. The highest BCUT2D eigenvalue weighted by atomic mass is 19.1. The van der Waals surface area contributed by atoms with Crippen LogP contribution >= 0.6 is 0 Å². The van der Waals surface area contributed by atoms with Crippen molar-refractivity contribution in [3.05, 3.63) is 83.7 Å². The van der Waals surface area contributed by atoms with E-state index in [9.17, 15) is 9.18 Å². The van der Waals surface area contributed by atoms with E-state index < -0.39 is 0 Å². The minimum atomic E-state index is -0.368. The zero-order valence-corrected chi connectivity index (χ0v) is 15.7. The second-order valence-corrected chi connectivity index (χ2v) is 6.46. The third-order valence-corrected chi connectivity index (χ3v) is 4.58. The van der Waals surface area contributed by atoms with E-state index in [0.717, 1.165) is 12.0 Å². The van der Waals surface area contributed by atoms with Gasteiger partial charge in [-0.2, -0.15) is 0 Å². The lowest BCUT2D eigenvalue weighted by Crippen LogP contribution is -2.22. The first kappa shape index (κ1) is 18.5. The summed E-state index contributed by atoms with van der Waals surface area (Å²) in [6, 6.07) is 9.35. The number of aromatic amines is 1. The molecule has 4 aromatic rings. The van der Waals surface area contributed by atoms with Crippen LogP contribution in [0.15, 0.2) is 72.3 Å². The maximum atomic E-state index is 13.4. The van der Waals surface area contributed by atoms with Crippen LogP contribution in [0.5, 0.6) is 0 Å². The number of nitrogens with zero attached hydrogens (tertiary/aromatic N) is 4. The van der Waals surface area contributed by atoms with Crippen LogP contribution in [-0.2, 0) is 0 Å². The zero-order valence-electron chi connectivity index (χ0n) is 15.7. The fourth-order valence-electron chi connectivity index (χ4n) is 3.14. The Morgan fingerprint density at radius 1 is 1.07 bits per heavy atom. The molecule has 8 heteroatoms. The average Bonchev–Trinajstić information content (AvgIpc) is 3.28. The lowest BCUT2D eigenvalue weighted by atomic mass is 10.0. The van der Waals surface area contributed by atoms with E-state index in [-0.39, 0.29) is 17.5 Å². The molecule has 7 nitrogen and oxygen atoms in total. The molecular weight excluding hydrogens is 371 g/mol. The lowest BCUT2D eigenvalue weighted by Gasteiger charge is -2.19. The van der Waals surface area contributed by atoms with E-state index in [1.54, 1.807) is 49.2 Å². The minimum absolute atomic E-state index is 0.123. The number of hydrogen-bond acceptors (Lipinski definition) is 5. The molecule has 0 aliphatic carbocycles. The molecule has 1 unspecified atom stereocenters. The molecular formula is C21H19FN6O. The fraction of sp³-hybridized carbons (Fsp3) is 0.143. The Hall–Kier alpha value is -3.81. The number of anilines is 1. The summed E-state index contributed by atoms with van der Waals surface area (Å²) >= 11 is 0. The third-order valence-electron chi connectivity index (χ3n) is 4.58. The third kappa shape index (κ3) is 3.91. The van der Waals surface area contributed by atoms with Gasteiger partial charge in [-0.25, -0.2) is 14.4 Å². The summed E-state index contributed by atoms with van der Waals surface area (Å²) < 4.78 is 15.3. The van der Waals surface area contributed by atoms with Crippen LogP contribution in [0, 0.1) is 5.82 Å². The molecule has 3 heterocycles. The van der Waals surface area contributed by atoms with Crippen LogP contribution in [-0.4, -0.2) is 24.5 Å². The number of imidazole rings is 1. The van der Waals surface area contributed by atoms with Crippen molar-refractivity contribution in [3.8, 4) is 22.4 Å². The molecule has 1 aromatic carbocycles. The van der Waals surface area contributed by atoms with E-state index in [1.165, 1.54) is 12.1 Å². The van der Waals surface area contributed by atoms with Crippen molar-refractivity contribution in [1.29, 1.82) is 0 Å². The van der Waals surface area contributed by atoms with Crippen molar-refractivity contribution in [1.82, 2.24) is 24.5 Å². The van der Waals surface area contributed by atoms with Gasteiger partial charge in [0.05, 0.1) is 17.6 Å². The first-order valence-electron chi connectivity index (χ1n) is 9.20. The van der Waals surface area contributed by atoms with E-state index in [2.05, 4.69) is 25.3 Å². The molecule has 146 valence electrons. The molecule has 0 bridgehead atoms. The van der Waals surface area contributed by atoms with Crippen molar-refractivity contribution in [2.75, 3.05) is 5.32 Å². The number of rotatable bonds is 6. The number of benzene rings is 1. The Bertz CT molecular complexity index is 1140. The SMILES string of the molecule is CCC(Nc1nc(-c2ccncc2)c(-c2ccc(F)cc2)c(=O)[nH]1)n1ccnc1. The van der Waals surface area contributed by atoms with E-state index >= 15 is 0 Å². The topological polar surface area (TPSA) is 88.5 Å². The van der Waals surface area contributed by atoms with Gasteiger partial charge < -0.3 is 9.88 Å². The van der Waals surface area contributed by atoms with Gasteiger partial charge in [0.15, 0.2) is 0 Å². The van der Waals surface area contributed by atoms with Crippen LogP contribution in [0.4, 0.5) is 10.3 Å². The number of pyridine rings is 1. The Kier molecular flexibility index (Phi) is 5.15. The second kappa shape index (κ2) is 8.05. The summed E-state index contributed by atoms with van der Waals surface area (Å²) in [6.45, 7) is 2.02. The van der Waals surface area contributed by atoms with Gasteiger partial charge in [-0.05, 0) is 36.2 Å². The standard InChI is InChI=1S/C21H19FN6O/c1-2-17(28-12-11-24-13-28)25-21-26-19(15-7-9-23-10-8-15)18(20(29)27-21)14-3-5-16(22)6-4-14/h3-13,17H,2H2,1H3,(H2,25,26,27,29). The van der Waals surface area contributed by atoms with Gasteiger partial charge in [0.2, 0.25) is 5.95 Å². The molecule has 4 rings (SSSR count). The maximum absolute atomic E-state index is 13.4. The van der Waals surface area contributed by atoms with Crippen molar-refractivity contribution in [2.45, 2.75) is 19.5 Å². The molecule has 0 spiro atoms. The number of H-pyrrole nitrogens is 1. The Balaban J connectivity index is 1.83. The molecule has 2 N–H and O–H groups in total. The van der Waals surface area contributed by atoms with Gasteiger partial charge in [-0.1, -0.05) is 19.1 Å². The summed E-state index contributed by atoms with van der Waals surface area (Å²) in [5, 5.41) is 3.25. The first-order chi connectivity index (χ1) is 14.2. The van der Waals surface area contributed by atoms with Crippen LogP contribution in [0.25, 0.3) is 22.4 Å². The highest BCUT2D eigenvalue weighted by molar-refractivity contribution is 5.80. The Morgan fingerprint density at radius 3 is 2.48 bits per heavy atom. The second-order valence-electron chi connectivity index (χ2n) is 6.46. The monoisotopic (exact) mass is 390 g/mol. The smallest absolute Gasteiger partial charge is 0.260 e. The Morgan fingerprint density at radius 2 is 1.83 bits per heavy atom. The summed E-state index contributed by atoms with van der Waals surface area (Å²) in [4.78, 5) is 28.6. The van der Waals surface area contributed by atoms with Crippen molar-refractivity contribution < 1.29 is 4.39 Å². The normalized spacial score (nSPS) is 11.9. The molecule has 0 radical (unpaired) electrons. The van der Waals surface area contributed by atoms with Gasteiger partial charge in [0, 0.05) is 30.4 Å². The van der Waals surface area contributed by atoms with Gasteiger partial charge in [-0.15, -0.1) is 0 Å². The van der Waals surface area contributed by atoms with Crippen molar-refractivity contribution in [3.63, 3.8) is 0 Å². The molecule has 0 aliphatic rings. The summed E-state index contributed by atoms with van der Waals surface area (Å²) in [5.74, 6) is -0.0266. The van der Waals surface area contributed by atoms with Gasteiger partial charge in [-0.3, -0.25) is 14.8 Å². The van der Waals surface area contributed by atoms with E-state index in [4.69, 9.17) is 0 Å². The van der Waals surface area contributed by atoms with E-state index in [1.807, 2.05) is 17.7 Å². The van der Waals surface area contributed by atoms with Gasteiger partial charge >= 0.3 is 0 Å². The summed E-state index contributed by atoms with van der Waals surface area (Å²) in [6.07, 6.45) is 9.15. The minimum Gasteiger partial charge on any atom is -0.335 e. The fourth-order valence-corrected chi connectivity index (χ4v) is 3.14. The zero-order chi connectivity index (χ0) is 20.2. The van der Waals surface area contributed by atoms with Gasteiger partial charge in [0.1, 0.15) is 12.0 Å². The van der Waals surface area contributed by atoms with Gasteiger partial charge in [0.25, 0.3) is 5.56 Å². The number of halogens is 1. The predicted octanol–water partition coefficient (Wildman–Crippen LogP) is 3.86. The molecule has 1 atom stereocenters. The molecule has 0 saturated carbocycles. The molecule has 3 aromatic heterocycles. The molecule has 0 fully saturated rings. The van der Waals surface area contributed by atoms with Crippen LogP contribution in [0.3, 0.4) is 0 Å². The van der Waals surface area contributed by atoms with Crippen molar-refractivity contribution >= 4 is 5.95 Å². The largest absolute Gasteiger partial charge is 0.335 e. The lowest BCUT2D eigenvalue weighted by molar-refractivity contribution is 0.540. The number of aromatic nitrogens is 5. The summed E-state index contributed by atoms with van der Waals surface area (Å²) in [7, 11) is 0. The summed E-state index contributed by atoms with van der Waals surface area (Å²) in [5.41, 5.74) is 1.87. The van der Waals surface area contributed by atoms with Crippen LogP contribution < -0.4 is 10.9 Å². The van der Waals surface area contributed by atoms with Crippen LogP contribution in [0.2, 0.25) is 0 Å². The molecule has 0 aliphatic heterocycles. The molecule has 0 amide bonds. The molecule has 0 saturated heterocycles.